The average Bonchev–Trinajstić information content (AvgIpc) is 3.03. The number of thiocarbonyl (C=S) groups is 1. The summed E-state index contributed by atoms with van der Waals surface area (Å²) in [6.07, 6.45) is 1.45. The third-order valence-electron chi connectivity index (χ3n) is 6.55. The number of methoxy groups -OCH3 is 1. The van der Waals surface area contributed by atoms with E-state index in [4.69, 9.17) is 31.2 Å². The molecule has 45 heavy (non-hydrogen) atoms. The molecule has 3 aromatic carbocycles. The van der Waals surface area contributed by atoms with Crippen LogP contribution in [0.25, 0.3) is 0 Å². The number of halogens is 1. The molecule has 1 amide bonds. The summed E-state index contributed by atoms with van der Waals surface area (Å²) >= 11 is 8.82. The molecule has 0 saturated carbocycles. The lowest BCUT2D eigenvalue weighted by atomic mass is 9.95. The molecule has 0 aliphatic carbocycles. The summed E-state index contributed by atoms with van der Waals surface area (Å²) in [5.74, 6) is 0.291. The molecule has 1 aliphatic heterocycles. The van der Waals surface area contributed by atoms with Crippen LogP contribution in [0.4, 0.5) is 0 Å². The lowest BCUT2D eigenvalue weighted by molar-refractivity contribution is -0.139. The lowest BCUT2D eigenvalue weighted by Crippen LogP contribution is -2.45. The molecular weight excluding hydrogens is 662 g/mol. The monoisotopic (exact) mass is 691 g/mol. The minimum absolute atomic E-state index is 0.180. The van der Waals surface area contributed by atoms with Gasteiger partial charge in [0.1, 0.15) is 12.4 Å². The number of rotatable bonds is 12. The first-order valence-corrected chi connectivity index (χ1v) is 14.9. The first kappa shape index (κ1) is 33.0. The Hall–Kier alpha value is -4.93. The van der Waals surface area contributed by atoms with Crippen molar-refractivity contribution in [3.8, 4) is 23.3 Å². The van der Waals surface area contributed by atoms with Crippen LogP contribution in [-0.4, -0.2) is 43.5 Å². The number of nitrogens with one attached hydrogen (secondary N) is 3. The number of para-hydroxylation sites is 1. The number of ether oxygens (including phenoxy) is 4. The molecule has 0 fully saturated rings. The Morgan fingerprint density at radius 1 is 1.11 bits per heavy atom. The summed E-state index contributed by atoms with van der Waals surface area (Å²) < 4.78 is 23.1. The van der Waals surface area contributed by atoms with Gasteiger partial charge in [-0.15, -0.1) is 0 Å². The Labute approximate surface area is 274 Å². The van der Waals surface area contributed by atoms with Gasteiger partial charge < -0.3 is 29.6 Å². The zero-order valence-corrected chi connectivity index (χ0v) is 27.1. The van der Waals surface area contributed by atoms with Gasteiger partial charge in [-0.2, -0.15) is 10.4 Å². The van der Waals surface area contributed by atoms with Crippen LogP contribution in [0.15, 0.2) is 81.5 Å². The summed E-state index contributed by atoms with van der Waals surface area (Å²) in [5.41, 5.74) is 5.88. The van der Waals surface area contributed by atoms with E-state index in [9.17, 15) is 14.9 Å². The molecule has 0 spiro atoms. The SMILES string of the molecule is CCOC(=O)C1=C(C)NC(=S)N[C@H]1c1ccccc1OCC(=O)NN=Cc1cc(OC)c(OCc2ccccc2C#N)cc1Br. The van der Waals surface area contributed by atoms with E-state index >= 15 is 0 Å². The predicted molar refractivity (Wildman–Crippen MR) is 175 cm³/mol. The number of benzene rings is 3. The number of carbonyl (C=O) groups is 2. The van der Waals surface area contributed by atoms with Crippen molar-refractivity contribution < 1.29 is 28.5 Å². The fraction of sp³-hybridized carbons (Fsp3) is 0.219. The molecule has 13 heteroatoms. The van der Waals surface area contributed by atoms with E-state index in [0.29, 0.717) is 54.8 Å². The Kier molecular flexibility index (Phi) is 11.5. The van der Waals surface area contributed by atoms with Crippen LogP contribution in [0.2, 0.25) is 0 Å². The van der Waals surface area contributed by atoms with Crippen molar-refractivity contribution in [2.45, 2.75) is 26.5 Å². The number of nitriles is 1. The van der Waals surface area contributed by atoms with Crippen LogP contribution in [0.5, 0.6) is 17.2 Å². The number of hydrogen-bond acceptors (Lipinski definition) is 9. The number of esters is 1. The lowest BCUT2D eigenvalue weighted by Gasteiger charge is -2.30. The third-order valence-corrected chi connectivity index (χ3v) is 7.46. The Morgan fingerprint density at radius 3 is 2.62 bits per heavy atom. The number of carbonyl (C=O) groups excluding carboxylic acids is 2. The van der Waals surface area contributed by atoms with E-state index in [1.165, 1.54) is 13.3 Å². The predicted octanol–water partition coefficient (Wildman–Crippen LogP) is 4.79. The highest BCUT2D eigenvalue weighted by atomic mass is 79.9. The number of nitrogens with zero attached hydrogens (tertiary/aromatic N) is 2. The minimum Gasteiger partial charge on any atom is -0.493 e. The van der Waals surface area contributed by atoms with Crippen LogP contribution in [0, 0.1) is 11.3 Å². The number of hydrazone groups is 1. The summed E-state index contributed by atoms with van der Waals surface area (Å²) in [6.45, 7) is 3.52. The molecule has 1 aliphatic rings. The van der Waals surface area contributed by atoms with E-state index in [1.807, 2.05) is 12.1 Å². The average molecular weight is 693 g/mol. The van der Waals surface area contributed by atoms with Crippen molar-refractivity contribution in [2.24, 2.45) is 5.10 Å². The van der Waals surface area contributed by atoms with E-state index in [0.717, 1.165) is 5.56 Å². The minimum atomic E-state index is -0.643. The Bertz CT molecular complexity index is 1700. The van der Waals surface area contributed by atoms with Crippen molar-refractivity contribution in [1.82, 2.24) is 16.1 Å². The van der Waals surface area contributed by atoms with Gasteiger partial charge in [0.25, 0.3) is 5.91 Å². The normalized spacial score (nSPS) is 14.2. The van der Waals surface area contributed by atoms with Gasteiger partial charge in [0, 0.05) is 26.9 Å². The second kappa shape index (κ2) is 15.7. The van der Waals surface area contributed by atoms with E-state index in [-0.39, 0.29) is 19.8 Å². The van der Waals surface area contributed by atoms with Crippen molar-refractivity contribution in [3.05, 3.63) is 98.7 Å². The third kappa shape index (κ3) is 8.37. The van der Waals surface area contributed by atoms with E-state index < -0.39 is 17.9 Å². The highest BCUT2D eigenvalue weighted by Crippen LogP contribution is 2.35. The van der Waals surface area contributed by atoms with Crippen molar-refractivity contribution in [2.75, 3.05) is 20.3 Å². The molecule has 1 atom stereocenters. The van der Waals surface area contributed by atoms with Gasteiger partial charge in [-0.25, -0.2) is 10.2 Å². The first-order valence-electron chi connectivity index (χ1n) is 13.7. The number of amides is 1. The molecule has 1 heterocycles. The molecular formula is C32H30BrN5O6S. The molecule has 0 bridgehead atoms. The van der Waals surface area contributed by atoms with Gasteiger partial charge in [-0.3, -0.25) is 4.79 Å². The molecule has 11 nitrogen and oxygen atoms in total. The molecule has 0 unspecified atom stereocenters. The maximum absolute atomic E-state index is 12.8. The fourth-order valence-electron chi connectivity index (χ4n) is 4.44. The van der Waals surface area contributed by atoms with Crippen LogP contribution >= 0.6 is 28.1 Å². The highest BCUT2D eigenvalue weighted by Gasteiger charge is 2.32. The molecule has 232 valence electrons. The topological polar surface area (TPSA) is 143 Å². The Morgan fingerprint density at radius 2 is 1.87 bits per heavy atom. The van der Waals surface area contributed by atoms with Crippen LogP contribution < -0.4 is 30.3 Å². The van der Waals surface area contributed by atoms with Gasteiger partial charge in [-0.05, 0) is 66.3 Å². The van der Waals surface area contributed by atoms with Crippen LogP contribution in [0.1, 0.15) is 42.1 Å². The highest BCUT2D eigenvalue weighted by molar-refractivity contribution is 9.10. The maximum atomic E-state index is 12.8. The van der Waals surface area contributed by atoms with Gasteiger partial charge in [-0.1, -0.05) is 36.4 Å². The van der Waals surface area contributed by atoms with E-state index in [2.05, 4.69) is 43.2 Å². The van der Waals surface area contributed by atoms with Gasteiger partial charge in [0.05, 0.1) is 43.2 Å². The van der Waals surface area contributed by atoms with Crippen LogP contribution in [0.3, 0.4) is 0 Å². The molecule has 0 radical (unpaired) electrons. The summed E-state index contributed by atoms with van der Waals surface area (Å²) in [7, 11) is 1.51. The fourth-order valence-corrected chi connectivity index (χ4v) is 5.13. The van der Waals surface area contributed by atoms with Crippen LogP contribution in [-0.2, 0) is 20.9 Å². The standard InChI is InChI=1S/C32H30BrN5O6S/c1-4-42-31(40)29-19(2)36-32(45)37-30(29)23-11-7-8-12-25(23)44-18-28(39)38-35-16-22-13-26(41-3)27(14-24(22)33)43-17-21-10-6-5-9-20(21)15-34/h5-14,16,30H,4,17-18H2,1-3H3,(H,38,39)(H2,36,37,45)/t30-/m0/s1. The number of hydrogen-bond donors (Lipinski definition) is 3. The molecule has 3 N–H and O–H groups in total. The largest absolute Gasteiger partial charge is 0.493 e. The summed E-state index contributed by atoms with van der Waals surface area (Å²) in [5, 5.41) is 19.8. The molecule has 0 aromatic heterocycles. The van der Waals surface area contributed by atoms with Gasteiger partial charge in [0.15, 0.2) is 23.2 Å². The van der Waals surface area contributed by atoms with Crippen molar-refractivity contribution >= 4 is 51.4 Å². The van der Waals surface area contributed by atoms with Crippen molar-refractivity contribution in [1.29, 1.82) is 5.26 Å². The summed E-state index contributed by atoms with van der Waals surface area (Å²) in [6, 6.07) is 19.1. The molecule has 4 rings (SSSR count). The summed E-state index contributed by atoms with van der Waals surface area (Å²) in [4.78, 5) is 25.4. The quantitative estimate of drug-likeness (QED) is 0.105. The Balaban J connectivity index is 1.41. The second-order valence-electron chi connectivity index (χ2n) is 9.49. The first-order chi connectivity index (χ1) is 21.7. The zero-order chi connectivity index (χ0) is 32.3. The smallest absolute Gasteiger partial charge is 0.338 e. The molecule has 3 aromatic rings. The van der Waals surface area contributed by atoms with Crippen molar-refractivity contribution in [3.63, 3.8) is 0 Å². The van der Waals surface area contributed by atoms with Gasteiger partial charge >= 0.3 is 5.97 Å². The van der Waals surface area contributed by atoms with Gasteiger partial charge in [0.2, 0.25) is 0 Å². The van der Waals surface area contributed by atoms with E-state index in [1.54, 1.807) is 62.4 Å². The second-order valence-corrected chi connectivity index (χ2v) is 10.8. The zero-order valence-electron chi connectivity index (χ0n) is 24.7. The molecule has 0 saturated heterocycles. The number of allylic oxidation sites excluding steroid dienone is 1. The maximum Gasteiger partial charge on any atom is 0.338 e.